The Morgan fingerprint density at radius 3 is 2.40 bits per heavy atom. The van der Waals surface area contributed by atoms with Crippen LogP contribution in [0, 0.1) is 5.92 Å². The van der Waals surface area contributed by atoms with Crippen molar-refractivity contribution in [1.29, 1.82) is 0 Å². The van der Waals surface area contributed by atoms with E-state index in [4.69, 9.17) is 0 Å². The lowest BCUT2D eigenvalue weighted by atomic mass is 9.91. The highest BCUT2D eigenvalue weighted by Crippen LogP contribution is 2.24. The van der Waals surface area contributed by atoms with Crippen LogP contribution in [0.15, 0.2) is 30.3 Å². The van der Waals surface area contributed by atoms with Gasteiger partial charge in [0.1, 0.15) is 12.1 Å². The fraction of sp³-hybridized carbons (Fsp3) is 0.600. The smallest absolute Gasteiger partial charge is 0.326 e. The van der Waals surface area contributed by atoms with Gasteiger partial charge in [0, 0.05) is 13.1 Å². The van der Waals surface area contributed by atoms with Crippen molar-refractivity contribution < 1.29 is 23.1 Å². The zero-order chi connectivity index (χ0) is 22.1. The first-order valence-electron chi connectivity index (χ1n) is 10.3. The minimum atomic E-state index is -3.75. The minimum absolute atomic E-state index is 0.221. The maximum atomic E-state index is 12.6. The van der Waals surface area contributed by atoms with Crippen LogP contribution in [0.25, 0.3) is 0 Å². The number of carbonyl (C=O) groups is 2. The van der Waals surface area contributed by atoms with Gasteiger partial charge in [-0.05, 0) is 43.6 Å². The highest BCUT2D eigenvalue weighted by Gasteiger charge is 2.28. The molecule has 1 aliphatic heterocycles. The standard InChI is InChI=1S/C20H32N3O5PS/c1-2-17(22-30(27,28)14-16-6-4-3-5-7-16)19(24)21-18(20(25)26)9-8-15-10-12-23(29)13-11-15/h3-7,15,17-18,22H,2,8-14,29H2,1H3,(H,21,24)(H,25,26). The maximum Gasteiger partial charge on any atom is 0.326 e. The van der Waals surface area contributed by atoms with Crippen molar-refractivity contribution in [2.45, 2.75) is 56.9 Å². The largest absolute Gasteiger partial charge is 0.480 e. The molecule has 1 heterocycles. The van der Waals surface area contributed by atoms with Gasteiger partial charge in [0.15, 0.2) is 0 Å². The zero-order valence-electron chi connectivity index (χ0n) is 17.3. The number of piperidine rings is 1. The Kier molecular flexibility index (Phi) is 9.68. The molecule has 1 saturated heterocycles. The van der Waals surface area contributed by atoms with Crippen molar-refractivity contribution in [3.8, 4) is 0 Å². The third-order valence-electron chi connectivity index (χ3n) is 5.37. The van der Waals surface area contributed by atoms with Crippen LogP contribution in [0.4, 0.5) is 0 Å². The van der Waals surface area contributed by atoms with E-state index in [1.165, 1.54) is 0 Å². The molecule has 1 fully saturated rings. The van der Waals surface area contributed by atoms with E-state index in [2.05, 4.69) is 24.1 Å². The fourth-order valence-corrected chi connectivity index (χ4v) is 5.27. The first-order chi connectivity index (χ1) is 14.2. The molecule has 1 aromatic carbocycles. The molecule has 1 aromatic rings. The van der Waals surface area contributed by atoms with Gasteiger partial charge in [0.2, 0.25) is 15.9 Å². The molecular formula is C20H32N3O5PS. The van der Waals surface area contributed by atoms with Crippen LogP contribution in [-0.2, 0) is 25.4 Å². The summed E-state index contributed by atoms with van der Waals surface area (Å²) in [5, 5.41) is 12.0. The second kappa shape index (κ2) is 11.7. The summed E-state index contributed by atoms with van der Waals surface area (Å²) in [6, 6.07) is 6.64. The molecule has 10 heteroatoms. The summed E-state index contributed by atoms with van der Waals surface area (Å²) in [6.07, 6.45) is 3.27. The van der Waals surface area contributed by atoms with Crippen molar-refractivity contribution in [3.63, 3.8) is 0 Å². The summed E-state index contributed by atoms with van der Waals surface area (Å²) in [7, 11) is -1.07. The zero-order valence-corrected chi connectivity index (χ0v) is 19.3. The van der Waals surface area contributed by atoms with Gasteiger partial charge in [-0.15, -0.1) is 0 Å². The van der Waals surface area contributed by atoms with Crippen LogP contribution >= 0.6 is 9.39 Å². The number of hydrogen-bond donors (Lipinski definition) is 3. The Labute approximate surface area is 181 Å². The predicted octanol–water partition coefficient (Wildman–Crippen LogP) is 1.74. The van der Waals surface area contributed by atoms with E-state index >= 15 is 0 Å². The molecule has 168 valence electrons. The lowest BCUT2D eigenvalue weighted by Crippen LogP contribution is -2.51. The van der Waals surface area contributed by atoms with Gasteiger partial charge in [-0.3, -0.25) is 9.46 Å². The molecule has 0 radical (unpaired) electrons. The Hall–Kier alpha value is -1.54. The number of sulfonamides is 1. The highest BCUT2D eigenvalue weighted by atomic mass is 32.2. The third-order valence-corrected chi connectivity index (χ3v) is 7.25. The number of nitrogens with zero attached hydrogens (tertiary/aromatic N) is 1. The van der Waals surface area contributed by atoms with Crippen molar-refractivity contribution >= 4 is 31.3 Å². The van der Waals surface area contributed by atoms with E-state index in [9.17, 15) is 23.1 Å². The van der Waals surface area contributed by atoms with Gasteiger partial charge in [-0.25, -0.2) is 17.9 Å². The number of amides is 1. The number of carboxylic acids is 1. The second-order valence-electron chi connectivity index (χ2n) is 7.78. The SMILES string of the molecule is CCC(NS(=O)(=O)Cc1ccccc1)C(=O)NC(CCC1CCN(P)CC1)C(=O)O. The topological polar surface area (TPSA) is 116 Å². The van der Waals surface area contributed by atoms with Gasteiger partial charge in [-0.2, -0.15) is 0 Å². The number of nitrogens with one attached hydrogen (secondary N) is 2. The number of benzene rings is 1. The lowest BCUT2D eigenvalue weighted by Gasteiger charge is -2.29. The van der Waals surface area contributed by atoms with Gasteiger partial charge in [0.05, 0.1) is 5.75 Å². The quantitative estimate of drug-likeness (QED) is 0.436. The summed E-state index contributed by atoms with van der Waals surface area (Å²) in [5.74, 6) is -1.52. The van der Waals surface area contributed by atoms with Gasteiger partial charge >= 0.3 is 5.97 Å². The van der Waals surface area contributed by atoms with Crippen molar-refractivity contribution in [2.24, 2.45) is 5.92 Å². The van der Waals surface area contributed by atoms with Crippen LogP contribution in [0.5, 0.6) is 0 Å². The molecule has 3 N–H and O–H groups in total. The van der Waals surface area contributed by atoms with Crippen molar-refractivity contribution in [1.82, 2.24) is 14.7 Å². The summed E-state index contributed by atoms with van der Waals surface area (Å²) >= 11 is 0. The third kappa shape index (κ3) is 8.30. The molecule has 0 saturated carbocycles. The first kappa shape index (κ1) is 24.7. The number of aliphatic carboxylic acids is 1. The van der Waals surface area contributed by atoms with Crippen molar-refractivity contribution in [3.05, 3.63) is 35.9 Å². The molecular weight excluding hydrogens is 425 g/mol. The lowest BCUT2D eigenvalue weighted by molar-refractivity contribution is -0.142. The Morgan fingerprint density at radius 2 is 1.83 bits per heavy atom. The Morgan fingerprint density at radius 1 is 1.20 bits per heavy atom. The van der Waals surface area contributed by atoms with Crippen LogP contribution in [0.3, 0.4) is 0 Å². The predicted molar refractivity (Wildman–Crippen MR) is 119 cm³/mol. The minimum Gasteiger partial charge on any atom is -0.480 e. The normalized spacial score (nSPS) is 17.9. The average Bonchev–Trinajstić information content (AvgIpc) is 2.70. The molecule has 2 rings (SSSR count). The van der Waals surface area contributed by atoms with E-state index < -0.39 is 34.0 Å². The molecule has 8 nitrogen and oxygen atoms in total. The van der Waals surface area contributed by atoms with E-state index in [-0.39, 0.29) is 12.2 Å². The van der Waals surface area contributed by atoms with Crippen molar-refractivity contribution in [2.75, 3.05) is 13.1 Å². The molecule has 0 aliphatic carbocycles. The van der Waals surface area contributed by atoms with Crippen LogP contribution < -0.4 is 10.0 Å². The molecule has 30 heavy (non-hydrogen) atoms. The number of carbonyl (C=O) groups excluding carboxylic acids is 1. The summed E-state index contributed by atoms with van der Waals surface area (Å²) < 4.78 is 29.5. The van der Waals surface area contributed by atoms with E-state index in [0.717, 1.165) is 25.9 Å². The van der Waals surface area contributed by atoms with Gasteiger partial charge in [0.25, 0.3) is 0 Å². The first-order valence-corrected chi connectivity index (χ1v) is 12.4. The van der Waals surface area contributed by atoms with E-state index in [1.54, 1.807) is 37.3 Å². The molecule has 3 unspecified atom stereocenters. The fourth-order valence-electron chi connectivity index (χ4n) is 3.55. The summed E-state index contributed by atoms with van der Waals surface area (Å²) in [6.45, 7) is 3.60. The molecule has 0 spiro atoms. The summed E-state index contributed by atoms with van der Waals surface area (Å²) in [5.41, 5.74) is 0.611. The molecule has 0 aromatic heterocycles. The van der Waals surface area contributed by atoms with Crippen LogP contribution in [-0.4, -0.2) is 55.2 Å². The average molecular weight is 458 g/mol. The molecule has 3 atom stereocenters. The van der Waals surface area contributed by atoms with Gasteiger partial charge < -0.3 is 10.4 Å². The molecule has 0 bridgehead atoms. The van der Waals surface area contributed by atoms with Gasteiger partial charge in [-0.1, -0.05) is 46.6 Å². The number of hydrogen-bond acceptors (Lipinski definition) is 5. The summed E-state index contributed by atoms with van der Waals surface area (Å²) in [4.78, 5) is 24.2. The number of rotatable bonds is 11. The monoisotopic (exact) mass is 457 g/mol. The Bertz CT molecular complexity index is 798. The van der Waals surface area contributed by atoms with Crippen LogP contribution in [0.2, 0.25) is 0 Å². The molecule has 1 aliphatic rings. The van der Waals surface area contributed by atoms with Crippen LogP contribution in [0.1, 0.15) is 44.6 Å². The van der Waals surface area contributed by atoms with E-state index in [0.29, 0.717) is 24.3 Å². The second-order valence-corrected chi connectivity index (χ2v) is 10.3. The molecule has 1 amide bonds. The number of carboxylic acid groups (broad SMARTS) is 1. The maximum absolute atomic E-state index is 12.6. The Balaban J connectivity index is 1.91. The van der Waals surface area contributed by atoms with E-state index in [1.807, 2.05) is 0 Å². The highest BCUT2D eigenvalue weighted by molar-refractivity contribution is 7.88.